The number of oxazole rings is 1. The lowest BCUT2D eigenvalue weighted by Crippen LogP contribution is -2.13. The molecule has 4 nitrogen and oxygen atoms in total. The number of aromatic nitrogens is 1. The molecule has 0 aliphatic rings. The zero-order chi connectivity index (χ0) is 18.1. The van der Waals surface area contributed by atoms with E-state index >= 15 is 0 Å². The van der Waals surface area contributed by atoms with Gasteiger partial charge < -0.3 is 9.73 Å². The summed E-state index contributed by atoms with van der Waals surface area (Å²) < 4.78 is 19.6. The molecule has 1 N–H and O–H groups in total. The first-order valence-corrected chi connectivity index (χ1v) is 8.14. The van der Waals surface area contributed by atoms with Gasteiger partial charge in [-0.05, 0) is 42.8 Å². The number of anilines is 1. The Hall–Kier alpha value is -3.47. The Balaban J connectivity index is 1.65. The van der Waals surface area contributed by atoms with E-state index in [4.69, 9.17) is 4.42 Å². The van der Waals surface area contributed by atoms with Crippen molar-refractivity contribution in [1.82, 2.24) is 4.98 Å². The summed E-state index contributed by atoms with van der Waals surface area (Å²) in [6, 6.07) is 18.8. The number of rotatable bonds is 3. The van der Waals surface area contributed by atoms with Crippen molar-refractivity contribution >= 4 is 22.7 Å². The SMILES string of the molecule is Cc1ccccc1-c1nc2ccc(NC(=O)c3ccccc3F)cc2o1. The number of fused-ring (bicyclic) bond motifs is 1. The molecular weight excluding hydrogens is 331 g/mol. The van der Waals surface area contributed by atoms with Gasteiger partial charge in [-0.15, -0.1) is 0 Å². The van der Waals surface area contributed by atoms with Crippen LogP contribution in [0.1, 0.15) is 15.9 Å². The van der Waals surface area contributed by atoms with Crippen LogP contribution < -0.4 is 5.32 Å². The number of aryl methyl sites for hydroxylation is 1. The zero-order valence-electron chi connectivity index (χ0n) is 14.0. The topological polar surface area (TPSA) is 55.1 Å². The van der Waals surface area contributed by atoms with Crippen LogP contribution in [0.2, 0.25) is 0 Å². The largest absolute Gasteiger partial charge is 0.436 e. The van der Waals surface area contributed by atoms with Crippen LogP contribution in [0, 0.1) is 12.7 Å². The molecule has 0 fully saturated rings. The Morgan fingerprint density at radius 2 is 1.81 bits per heavy atom. The molecular formula is C21H15FN2O2. The quantitative estimate of drug-likeness (QED) is 0.555. The first-order chi connectivity index (χ1) is 12.6. The molecule has 0 radical (unpaired) electrons. The molecule has 128 valence electrons. The third kappa shape index (κ3) is 2.95. The molecule has 1 aromatic heterocycles. The number of amides is 1. The van der Waals surface area contributed by atoms with E-state index in [2.05, 4.69) is 10.3 Å². The van der Waals surface area contributed by atoms with Crippen molar-refractivity contribution in [3.05, 3.63) is 83.7 Å². The maximum atomic E-state index is 13.7. The van der Waals surface area contributed by atoms with Crippen LogP contribution in [0.25, 0.3) is 22.6 Å². The van der Waals surface area contributed by atoms with E-state index in [-0.39, 0.29) is 5.56 Å². The number of nitrogens with one attached hydrogen (secondary N) is 1. The maximum Gasteiger partial charge on any atom is 0.258 e. The Kier molecular flexibility index (Phi) is 3.97. The predicted molar refractivity (Wildman–Crippen MR) is 98.5 cm³/mol. The summed E-state index contributed by atoms with van der Waals surface area (Å²) in [6.07, 6.45) is 0. The van der Waals surface area contributed by atoms with Gasteiger partial charge in [-0.3, -0.25) is 4.79 Å². The van der Waals surface area contributed by atoms with E-state index in [1.54, 1.807) is 30.3 Å². The number of benzene rings is 3. The second kappa shape index (κ2) is 6.44. The minimum atomic E-state index is -0.562. The van der Waals surface area contributed by atoms with Gasteiger partial charge in [-0.1, -0.05) is 30.3 Å². The van der Waals surface area contributed by atoms with Crippen LogP contribution in [0.5, 0.6) is 0 Å². The molecule has 0 bridgehead atoms. The van der Waals surface area contributed by atoms with Crippen molar-refractivity contribution in [3.8, 4) is 11.5 Å². The lowest BCUT2D eigenvalue weighted by molar-refractivity contribution is 0.102. The van der Waals surface area contributed by atoms with Crippen molar-refractivity contribution in [1.29, 1.82) is 0 Å². The number of hydrogen-bond acceptors (Lipinski definition) is 3. The van der Waals surface area contributed by atoms with Crippen LogP contribution in [0.4, 0.5) is 10.1 Å². The summed E-state index contributed by atoms with van der Waals surface area (Å²) in [6.45, 7) is 1.99. The highest BCUT2D eigenvalue weighted by Crippen LogP contribution is 2.28. The van der Waals surface area contributed by atoms with Gasteiger partial charge in [0.15, 0.2) is 5.58 Å². The normalized spacial score (nSPS) is 10.8. The molecule has 4 rings (SSSR count). The molecule has 26 heavy (non-hydrogen) atoms. The molecule has 3 aromatic carbocycles. The number of halogens is 1. The summed E-state index contributed by atoms with van der Waals surface area (Å²) in [4.78, 5) is 16.7. The minimum Gasteiger partial charge on any atom is -0.436 e. The first-order valence-electron chi connectivity index (χ1n) is 8.14. The maximum absolute atomic E-state index is 13.7. The number of hydrogen-bond donors (Lipinski definition) is 1. The van der Waals surface area contributed by atoms with Gasteiger partial charge >= 0.3 is 0 Å². The molecule has 0 saturated heterocycles. The van der Waals surface area contributed by atoms with Gasteiger partial charge in [0, 0.05) is 17.3 Å². The standard InChI is InChI=1S/C21H15FN2O2/c1-13-6-2-3-7-15(13)21-24-18-11-10-14(12-19(18)26-21)23-20(25)16-8-4-5-9-17(16)22/h2-12H,1H3,(H,23,25). The summed E-state index contributed by atoms with van der Waals surface area (Å²) >= 11 is 0. The molecule has 0 unspecified atom stereocenters. The van der Waals surface area contributed by atoms with Gasteiger partial charge in [0.25, 0.3) is 5.91 Å². The van der Waals surface area contributed by atoms with Crippen LogP contribution in [-0.4, -0.2) is 10.9 Å². The van der Waals surface area contributed by atoms with Crippen molar-refractivity contribution in [3.63, 3.8) is 0 Å². The van der Waals surface area contributed by atoms with E-state index in [1.807, 2.05) is 31.2 Å². The monoisotopic (exact) mass is 346 g/mol. The van der Waals surface area contributed by atoms with E-state index in [1.165, 1.54) is 12.1 Å². The van der Waals surface area contributed by atoms with Crippen LogP contribution >= 0.6 is 0 Å². The zero-order valence-corrected chi connectivity index (χ0v) is 14.0. The summed E-state index contributed by atoms with van der Waals surface area (Å²) in [5, 5.41) is 2.68. The Labute approximate surface area is 149 Å². The van der Waals surface area contributed by atoms with Crippen molar-refractivity contribution in [2.45, 2.75) is 6.92 Å². The summed E-state index contributed by atoms with van der Waals surface area (Å²) in [7, 11) is 0. The minimum absolute atomic E-state index is 0.00855. The molecule has 1 heterocycles. The Morgan fingerprint density at radius 3 is 2.62 bits per heavy atom. The fourth-order valence-corrected chi connectivity index (χ4v) is 2.77. The van der Waals surface area contributed by atoms with E-state index < -0.39 is 11.7 Å². The second-order valence-corrected chi connectivity index (χ2v) is 5.95. The summed E-state index contributed by atoms with van der Waals surface area (Å²) in [5.41, 5.74) is 3.72. The number of carbonyl (C=O) groups excluding carboxylic acids is 1. The van der Waals surface area contributed by atoms with Crippen LogP contribution in [0.15, 0.2) is 71.1 Å². The fraction of sp³-hybridized carbons (Fsp3) is 0.0476. The molecule has 0 spiro atoms. The lowest BCUT2D eigenvalue weighted by Gasteiger charge is -2.05. The van der Waals surface area contributed by atoms with Crippen molar-refractivity contribution in [2.75, 3.05) is 5.32 Å². The highest BCUT2D eigenvalue weighted by molar-refractivity contribution is 6.05. The molecule has 1 amide bonds. The van der Waals surface area contributed by atoms with E-state index in [0.717, 1.165) is 11.1 Å². The first kappa shape index (κ1) is 16.0. The van der Waals surface area contributed by atoms with Gasteiger partial charge in [-0.25, -0.2) is 9.37 Å². The molecule has 0 saturated carbocycles. The van der Waals surface area contributed by atoms with Crippen LogP contribution in [-0.2, 0) is 0 Å². The smallest absolute Gasteiger partial charge is 0.258 e. The second-order valence-electron chi connectivity index (χ2n) is 5.95. The lowest BCUT2D eigenvalue weighted by atomic mass is 10.1. The van der Waals surface area contributed by atoms with Crippen molar-refractivity contribution < 1.29 is 13.6 Å². The molecule has 0 aliphatic heterocycles. The predicted octanol–water partition coefficient (Wildman–Crippen LogP) is 5.19. The van der Waals surface area contributed by atoms with Gasteiger partial charge in [-0.2, -0.15) is 0 Å². The summed E-state index contributed by atoms with van der Waals surface area (Å²) in [5.74, 6) is -0.552. The Bertz CT molecular complexity index is 1120. The highest BCUT2D eigenvalue weighted by Gasteiger charge is 2.13. The third-order valence-corrected chi connectivity index (χ3v) is 4.14. The fourth-order valence-electron chi connectivity index (χ4n) is 2.77. The third-order valence-electron chi connectivity index (χ3n) is 4.14. The van der Waals surface area contributed by atoms with E-state index in [0.29, 0.717) is 22.7 Å². The number of carbonyl (C=O) groups is 1. The van der Waals surface area contributed by atoms with Gasteiger partial charge in [0.2, 0.25) is 5.89 Å². The van der Waals surface area contributed by atoms with Gasteiger partial charge in [0.1, 0.15) is 11.3 Å². The molecule has 5 heteroatoms. The molecule has 0 aliphatic carbocycles. The number of nitrogens with zero attached hydrogens (tertiary/aromatic N) is 1. The Morgan fingerprint density at radius 1 is 1.04 bits per heavy atom. The van der Waals surface area contributed by atoms with Crippen molar-refractivity contribution in [2.24, 2.45) is 0 Å². The van der Waals surface area contributed by atoms with E-state index in [9.17, 15) is 9.18 Å². The molecule has 0 atom stereocenters. The average molecular weight is 346 g/mol. The average Bonchev–Trinajstić information content (AvgIpc) is 3.05. The molecule has 4 aromatic rings. The highest BCUT2D eigenvalue weighted by atomic mass is 19.1. The van der Waals surface area contributed by atoms with Crippen LogP contribution in [0.3, 0.4) is 0 Å². The van der Waals surface area contributed by atoms with Gasteiger partial charge in [0.05, 0.1) is 5.56 Å².